The number of H-pyrrole nitrogens is 1. The van der Waals surface area contributed by atoms with Gasteiger partial charge in [-0.15, -0.1) is 0 Å². The Morgan fingerprint density at radius 2 is 2.24 bits per heavy atom. The molecule has 0 radical (unpaired) electrons. The Labute approximate surface area is 95.6 Å². The number of hydrogen-bond acceptors (Lipinski definition) is 4. The number of aromatic amines is 1. The molecule has 1 aromatic heterocycles. The van der Waals surface area contributed by atoms with Crippen molar-refractivity contribution in [2.24, 2.45) is 0 Å². The summed E-state index contributed by atoms with van der Waals surface area (Å²) in [6.07, 6.45) is 1.10. The Bertz CT molecular complexity index is 541. The standard InChI is InChI=1S/C10H9FN4O2/c11-8-4-2-1-3-7(8)5-12-10-9(15(16)17)6-13-14-10/h1-4,6H,5H2,(H2,12,13,14). The largest absolute Gasteiger partial charge is 0.361 e. The zero-order chi connectivity index (χ0) is 12.3. The van der Waals surface area contributed by atoms with Crippen LogP contribution in [0.4, 0.5) is 15.9 Å². The van der Waals surface area contributed by atoms with E-state index in [1.165, 1.54) is 6.07 Å². The third kappa shape index (κ3) is 2.39. The van der Waals surface area contributed by atoms with Crippen molar-refractivity contribution >= 4 is 11.5 Å². The Hall–Kier alpha value is -2.44. The molecule has 2 N–H and O–H groups in total. The summed E-state index contributed by atoms with van der Waals surface area (Å²) in [6.45, 7) is 0.149. The van der Waals surface area contributed by atoms with Crippen LogP contribution in [-0.2, 0) is 6.54 Å². The van der Waals surface area contributed by atoms with E-state index in [0.717, 1.165) is 6.20 Å². The molecule has 0 saturated heterocycles. The summed E-state index contributed by atoms with van der Waals surface area (Å²) in [5.41, 5.74) is 0.262. The molecule has 0 atom stereocenters. The monoisotopic (exact) mass is 236 g/mol. The van der Waals surface area contributed by atoms with E-state index < -0.39 is 4.92 Å². The number of nitrogens with one attached hydrogen (secondary N) is 2. The Morgan fingerprint density at radius 3 is 2.94 bits per heavy atom. The lowest BCUT2D eigenvalue weighted by Crippen LogP contribution is -2.03. The van der Waals surface area contributed by atoms with Crippen molar-refractivity contribution in [3.63, 3.8) is 0 Å². The molecule has 7 heteroatoms. The minimum Gasteiger partial charge on any atom is -0.361 e. The van der Waals surface area contributed by atoms with Gasteiger partial charge in [-0.2, -0.15) is 5.10 Å². The van der Waals surface area contributed by atoms with E-state index in [9.17, 15) is 14.5 Å². The molecule has 1 aromatic carbocycles. The zero-order valence-electron chi connectivity index (χ0n) is 8.68. The maximum atomic E-state index is 13.3. The molecular formula is C10H9FN4O2. The molecule has 0 aliphatic carbocycles. The lowest BCUT2D eigenvalue weighted by Gasteiger charge is -2.04. The molecule has 0 spiro atoms. The van der Waals surface area contributed by atoms with Crippen LogP contribution < -0.4 is 5.32 Å². The highest BCUT2D eigenvalue weighted by Crippen LogP contribution is 2.20. The molecule has 0 unspecified atom stereocenters. The molecule has 2 rings (SSSR count). The quantitative estimate of drug-likeness (QED) is 0.628. The van der Waals surface area contributed by atoms with Crippen molar-refractivity contribution in [3.8, 4) is 0 Å². The van der Waals surface area contributed by atoms with Crippen LogP contribution in [-0.4, -0.2) is 15.1 Å². The summed E-state index contributed by atoms with van der Waals surface area (Å²) in [5.74, 6) is -0.194. The number of nitrogens with zero attached hydrogens (tertiary/aromatic N) is 2. The van der Waals surface area contributed by atoms with E-state index in [1.807, 2.05) is 0 Å². The number of nitro groups is 1. The number of hydrogen-bond donors (Lipinski definition) is 2. The van der Waals surface area contributed by atoms with Gasteiger partial charge < -0.3 is 5.32 Å². The first kappa shape index (κ1) is 11.1. The molecule has 6 nitrogen and oxygen atoms in total. The van der Waals surface area contributed by atoms with Crippen LogP contribution >= 0.6 is 0 Å². The van der Waals surface area contributed by atoms with Crippen molar-refractivity contribution in [1.29, 1.82) is 0 Å². The lowest BCUT2D eigenvalue weighted by molar-refractivity contribution is -0.384. The third-order valence-corrected chi connectivity index (χ3v) is 2.23. The maximum absolute atomic E-state index is 13.3. The molecule has 0 aliphatic rings. The van der Waals surface area contributed by atoms with Crippen molar-refractivity contribution in [1.82, 2.24) is 10.2 Å². The van der Waals surface area contributed by atoms with E-state index in [-0.39, 0.29) is 23.9 Å². The van der Waals surface area contributed by atoms with Crippen LogP contribution in [0.2, 0.25) is 0 Å². The first-order valence-electron chi connectivity index (χ1n) is 4.83. The van der Waals surface area contributed by atoms with Gasteiger partial charge in [-0.25, -0.2) is 4.39 Å². The van der Waals surface area contributed by atoms with Crippen molar-refractivity contribution in [2.75, 3.05) is 5.32 Å². The number of benzene rings is 1. The van der Waals surface area contributed by atoms with E-state index >= 15 is 0 Å². The summed E-state index contributed by atoms with van der Waals surface area (Å²) in [6, 6.07) is 6.21. The number of rotatable bonds is 4. The predicted octanol–water partition coefficient (Wildman–Crippen LogP) is 2.07. The zero-order valence-corrected chi connectivity index (χ0v) is 8.68. The highest BCUT2D eigenvalue weighted by molar-refractivity contribution is 5.54. The number of halogens is 1. The normalized spacial score (nSPS) is 10.2. The number of aromatic nitrogens is 2. The average Bonchev–Trinajstić information content (AvgIpc) is 2.76. The minimum atomic E-state index is -0.562. The van der Waals surface area contributed by atoms with E-state index in [0.29, 0.717) is 5.56 Å². The van der Waals surface area contributed by atoms with Crippen LogP contribution in [0.15, 0.2) is 30.5 Å². The maximum Gasteiger partial charge on any atom is 0.330 e. The molecule has 17 heavy (non-hydrogen) atoms. The van der Waals surface area contributed by atoms with Crippen molar-refractivity contribution in [3.05, 3.63) is 52.0 Å². The molecular weight excluding hydrogens is 227 g/mol. The second-order valence-electron chi connectivity index (χ2n) is 3.33. The van der Waals surface area contributed by atoms with Crippen LogP contribution in [0.25, 0.3) is 0 Å². The fourth-order valence-electron chi connectivity index (χ4n) is 1.37. The van der Waals surface area contributed by atoms with Crippen molar-refractivity contribution < 1.29 is 9.31 Å². The summed E-state index contributed by atoms with van der Waals surface area (Å²) < 4.78 is 13.3. The molecule has 2 aromatic rings. The molecule has 0 saturated carbocycles. The SMILES string of the molecule is O=[N+]([O-])c1cn[nH]c1NCc1ccccc1F. The Balaban J connectivity index is 2.10. The summed E-state index contributed by atoms with van der Waals surface area (Å²) in [5, 5.41) is 19.3. The van der Waals surface area contributed by atoms with Gasteiger partial charge in [-0.1, -0.05) is 18.2 Å². The predicted molar refractivity (Wildman–Crippen MR) is 59.0 cm³/mol. The molecule has 88 valence electrons. The van der Waals surface area contributed by atoms with Crippen LogP contribution in [0, 0.1) is 15.9 Å². The van der Waals surface area contributed by atoms with Gasteiger partial charge in [-0.3, -0.25) is 15.2 Å². The van der Waals surface area contributed by atoms with Gasteiger partial charge in [0, 0.05) is 12.1 Å². The van der Waals surface area contributed by atoms with Gasteiger partial charge in [0.15, 0.2) is 0 Å². The summed E-state index contributed by atoms with van der Waals surface area (Å²) >= 11 is 0. The third-order valence-electron chi connectivity index (χ3n) is 2.23. The number of anilines is 1. The highest BCUT2D eigenvalue weighted by Gasteiger charge is 2.15. The molecule has 0 fully saturated rings. The summed E-state index contributed by atoms with van der Waals surface area (Å²) in [7, 11) is 0. The van der Waals surface area contributed by atoms with Gasteiger partial charge in [0.1, 0.15) is 12.0 Å². The second-order valence-corrected chi connectivity index (χ2v) is 3.33. The van der Waals surface area contributed by atoms with Gasteiger partial charge in [0.2, 0.25) is 5.82 Å². The minimum absolute atomic E-state index is 0.149. The van der Waals surface area contributed by atoms with Gasteiger partial charge in [-0.05, 0) is 6.07 Å². The smallest absolute Gasteiger partial charge is 0.330 e. The molecule has 0 amide bonds. The topological polar surface area (TPSA) is 83.8 Å². The fourth-order valence-corrected chi connectivity index (χ4v) is 1.37. The summed E-state index contributed by atoms with van der Waals surface area (Å²) in [4.78, 5) is 10.0. The van der Waals surface area contributed by atoms with E-state index in [1.54, 1.807) is 18.2 Å². The van der Waals surface area contributed by atoms with Gasteiger partial charge in [0.05, 0.1) is 4.92 Å². The molecule has 0 bridgehead atoms. The van der Waals surface area contributed by atoms with Gasteiger partial charge >= 0.3 is 5.69 Å². The van der Waals surface area contributed by atoms with E-state index in [4.69, 9.17) is 0 Å². The first-order chi connectivity index (χ1) is 8.18. The molecule has 0 aliphatic heterocycles. The van der Waals surface area contributed by atoms with Crippen LogP contribution in [0.3, 0.4) is 0 Å². The molecule has 1 heterocycles. The average molecular weight is 236 g/mol. The second kappa shape index (κ2) is 4.60. The van der Waals surface area contributed by atoms with E-state index in [2.05, 4.69) is 15.5 Å². The highest BCUT2D eigenvalue weighted by atomic mass is 19.1. The van der Waals surface area contributed by atoms with Crippen LogP contribution in [0.5, 0.6) is 0 Å². The fraction of sp³-hybridized carbons (Fsp3) is 0.100. The van der Waals surface area contributed by atoms with Crippen molar-refractivity contribution in [2.45, 2.75) is 6.54 Å². The van der Waals surface area contributed by atoms with Gasteiger partial charge in [0.25, 0.3) is 0 Å². The Kier molecular flexibility index (Phi) is 2.99. The first-order valence-corrected chi connectivity index (χ1v) is 4.83. The Morgan fingerprint density at radius 1 is 1.47 bits per heavy atom. The van der Waals surface area contributed by atoms with Crippen LogP contribution in [0.1, 0.15) is 5.56 Å². The lowest BCUT2D eigenvalue weighted by atomic mass is 10.2.